The highest BCUT2D eigenvalue weighted by molar-refractivity contribution is 7.84. The molecule has 1 N–H and O–H groups in total. The molecule has 17 heavy (non-hydrogen) atoms. The predicted molar refractivity (Wildman–Crippen MR) is 67.5 cm³/mol. The Kier molecular flexibility index (Phi) is 3.94. The van der Waals surface area contributed by atoms with Crippen LogP contribution in [0.25, 0.3) is 0 Å². The summed E-state index contributed by atoms with van der Waals surface area (Å²) in [7, 11) is -0.936. The lowest BCUT2D eigenvalue weighted by Crippen LogP contribution is -2.14. The standard InChI is InChI=1S/C13H16O3S/c14-13(15)12-8-4-1-5-10(12)9-17(16)11-6-2-3-7-11/h1,4-5,8,11H,2-3,6-7,9H2,(H,14,15). The van der Waals surface area contributed by atoms with Crippen molar-refractivity contribution >= 4 is 16.8 Å². The number of carboxylic acid groups (broad SMARTS) is 1. The number of hydrogen-bond donors (Lipinski definition) is 1. The zero-order valence-electron chi connectivity index (χ0n) is 9.59. The summed E-state index contributed by atoms with van der Waals surface area (Å²) in [4.78, 5) is 11.0. The second kappa shape index (κ2) is 5.45. The van der Waals surface area contributed by atoms with E-state index in [1.165, 1.54) is 0 Å². The summed E-state index contributed by atoms with van der Waals surface area (Å²) in [6.07, 6.45) is 4.33. The molecular formula is C13H16O3S. The van der Waals surface area contributed by atoms with Gasteiger partial charge in [-0.15, -0.1) is 0 Å². The molecule has 0 radical (unpaired) electrons. The Balaban J connectivity index is 2.12. The average molecular weight is 252 g/mol. The van der Waals surface area contributed by atoms with Crippen LogP contribution in [0.1, 0.15) is 41.6 Å². The Morgan fingerprint density at radius 1 is 1.29 bits per heavy atom. The van der Waals surface area contributed by atoms with Crippen molar-refractivity contribution in [2.75, 3.05) is 0 Å². The first-order valence-electron chi connectivity index (χ1n) is 5.87. The van der Waals surface area contributed by atoms with E-state index in [4.69, 9.17) is 5.11 Å². The van der Waals surface area contributed by atoms with Gasteiger partial charge in [-0.25, -0.2) is 4.79 Å². The summed E-state index contributed by atoms with van der Waals surface area (Å²) in [5.41, 5.74) is 0.962. The zero-order valence-corrected chi connectivity index (χ0v) is 10.4. The normalized spacial score (nSPS) is 18.1. The fourth-order valence-corrected chi connectivity index (χ4v) is 3.93. The summed E-state index contributed by atoms with van der Waals surface area (Å²) in [5.74, 6) is -0.573. The molecule has 0 aromatic heterocycles. The first-order valence-corrected chi connectivity index (χ1v) is 7.25. The number of benzene rings is 1. The third kappa shape index (κ3) is 2.94. The van der Waals surface area contributed by atoms with E-state index in [-0.39, 0.29) is 10.8 Å². The van der Waals surface area contributed by atoms with Crippen molar-refractivity contribution in [2.24, 2.45) is 0 Å². The topological polar surface area (TPSA) is 54.4 Å². The molecule has 0 aliphatic heterocycles. The molecule has 1 atom stereocenters. The van der Waals surface area contributed by atoms with E-state index in [2.05, 4.69) is 0 Å². The van der Waals surface area contributed by atoms with E-state index >= 15 is 0 Å². The highest BCUT2D eigenvalue weighted by atomic mass is 32.2. The quantitative estimate of drug-likeness (QED) is 0.896. The molecular weight excluding hydrogens is 236 g/mol. The summed E-state index contributed by atoms with van der Waals surface area (Å²) in [5, 5.41) is 9.31. The highest BCUT2D eigenvalue weighted by Gasteiger charge is 2.22. The molecule has 3 nitrogen and oxygen atoms in total. The Bertz CT molecular complexity index is 436. The van der Waals surface area contributed by atoms with Gasteiger partial charge in [0, 0.05) is 21.8 Å². The minimum Gasteiger partial charge on any atom is -0.478 e. The van der Waals surface area contributed by atoms with Crippen molar-refractivity contribution < 1.29 is 14.1 Å². The van der Waals surface area contributed by atoms with Gasteiger partial charge in [0.25, 0.3) is 0 Å². The summed E-state index contributed by atoms with van der Waals surface area (Å²) in [6, 6.07) is 6.83. The van der Waals surface area contributed by atoms with Crippen molar-refractivity contribution in [3.63, 3.8) is 0 Å². The van der Waals surface area contributed by atoms with Gasteiger partial charge in [0.05, 0.1) is 5.56 Å². The average Bonchev–Trinajstić information content (AvgIpc) is 2.83. The number of hydrogen-bond acceptors (Lipinski definition) is 2. The second-order valence-corrected chi connectivity index (χ2v) is 6.11. The van der Waals surface area contributed by atoms with Crippen LogP contribution in [-0.2, 0) is 16.6 Å². The molecule has 0 bridgehead atoms. The molecule has 0 heterocycles. The largest absolute Gasteiger partial charge is 0.478 e. The smallest absolute Gasteiger partial charge is 0.335 e. The van der Waals surface area contributed by atoms with Gasteiger partial charge in [-0.3, -0.25) is 4.21 Å². The maximum atomic E-state index is 12.1. The van der Waals surface area contributed by atoms with Crippen LogP contribution < -0.4 is 0 Å². The molecule has 92 valence electrons. The summed E-state index contributed by atoms with van der Waals surface area (Å²) >= 11 is 0. The maximum absolute atomic E-state index is 12.1. The van der Waals surface area contributed by atoms with E-state index in [0.717, 1.165) is 25.7 Å². The van der Waals surface area contributed by atoms with Crippen molar-refractivity contribution in [1.82, 2.24) is 0 Å². The van der Waals surface area contributed by atoms with Crippen LogP contribution in [0.2, 0.25) is 0 Å². The molecule has 1 unspecified atom stereocenters. The minimum atomic E-state index is -0.941. The molecule has 1 saturated carbocycles. The molecule has 2 rings (SSSR count). The van der Waals surface area contributed by atoms with Gasteiger partial charge in [-0.05, 0) is 24.5 Å². The van der Waals surface area contributed by atoms with Gasteiger partial charge in [-0.2, -0.15) is 0 Å². The third-order valence-electron chi connectivity index (χ3n) is 3.22. The lowest BCUT2D eigenvalue weighted by Gasteiger charge is -2.10. The lowest BCUT2D eigenvalue weighted by atomic mass is 10.1. The van der Waals surface area contributed by atoms with Crippen molar-refractivity contribution in [1.29, 1.82) is 0 Å². The highest BCUT2D eigenvalue weighted by Crippen LogP contribution is 2.25. The molecule has 1 aromatic rings. The van der Waals surface area contributed by atoms with Gasteiger partial charge in [-0.1, -0.05) is 31.0 Å². The maximum Gasteiger partial charge on any atom is 0.335 e. The predicted octanol–water partition coefficient (Wildman–Crippen LogP) is 2.58. The lowest BCUT2D eigenvalue weighted by molar-refractivity contribution is 0.0696. The SMILES string of the molecule is O=C(O)c1ccccc1CS(=O)C1CCCC1. The van der Waals surface area contributed by atoms with Crippen LogP contribution in [0.3, 0.4) is 0 Å². The van der Waals surface area contributed by atoms with Crippen LogP contribution in [0, 0.1) is 0 Å². The first-order chi connectivity index (χ1) is 8.18. The van der Waals surface area contributed by atoms with E-state index in [0.29, 0.717) is 11.3 Å². The monoisotopic (exact) mass is 252 g/mol. The minimum absolute atomic E-state index is 0.261. The van der Waals surface area contributed by atoms with Gasteiger partial charge in [0.1, 0.15) is 0 Å². The molecule has 1 aromatic carbocycles. The van der Waals surface area contributed by atoms with Gasteiger partial charge >= 0.3 is 5.97 Å². The third-order valence-corrected chi connectivity index (χ3v) is 5.03. The molecule has 0 spiro atoms. The van der Waals surface area contributed by atoms with Crippen LogP contribution >= 0.6 is 0 Å². The zero-order chi connectivity index (χ0) is 12.3. The van der Waals surface area contributed by atoms with E-state index < -0.39 is 16.8 Å². The van der Waals surface area contributed by atoms with Crippen LogP contribution in [-0.4, -0.2) is 20.5 Å². The van der Waals surface area contributed by atoms with Crippen molar-refractivity contribution in [3.8, 4) is 0 Å². The van der Waals surface area contributed by atoms with Gasteiger partial charge in [0.2, 0.25) is 0 Å². The molecule has 1 aliphatic rings. The molecule has 4 heteroatoms. The van der Waals surface area contributed by atoms with Crippen LogP contribution in [0.4, 0.5) is 0 Å². The Labute approximate surface area is 103 Å². The molecule has 1 fully saturated rings. The Hall–Kier alpha value is -1.16. The molecule has 0 saturated heterocycles. The number of aromatic carboxylic acids is 1. The summed E-state index contributed by atoms with van der Waals surface area (Å²) < 4.78 is 12.1. The fraction of sp³-hybridized carbons (Fsp3) is 0.462. The number of carbonyl (C=O) groups is 1. The summed E-state index contributed by atoms with van der Waals surface area (Å²) in [6.45, 7) is 0. The fourth-order valence-electron chi connectivity index (χ4n) is 2.28. The van der Waals surface area contributed by atoms with Crippen LogP contribution in [0.5, 0.6) is 0 Å². The Morgan fingerprint density at radius 2 is 1.94 bits per heavy atom. The second-order valence-electron chi connectivity index (χ2n) is 4.39. The van der Waals surface area contributed by atoms with E-state index in [1.807, 2.05) is 0 Å². The first kappa shape index (κ1) is 12.3. The van der Waals surface area contributed by atoms with E-state index in [1.54, 1.807) is 24.3 Å². The number of rotatable bonds is 4. The molecule has 1 aliphatic carbocycles. The Morgan fingerprint density at radius 3 is 2.59 bits per heavy atom. The van der Waals surface area contributed by atoms with Crippen LogP contribution in [0.15, 0.2) is 24.3 Å². The van der Waals surface area contributed by atoms with Gasteiger partial charge in [0.15, 0.2) is 0 Å². The molecule has 0 amide bonds. The number of carboxylic acids is 1. The van der Waals surface area contributed by atoms with E-state index in [9.17, 15) is 9.00 Å². The van der Waals surface area contributed by atoms with Gasteiger partial charge < -0.3 is 5.11 Å². The van der Waals surface area contributed by atoms with Crippen molar-refractivity contribution in [3.05, 3.63) is 35.4 Å². The van der Waals surface area contributed by atoms with Crippen molar-refractivity contribution in [2.45, 2.75) is 36.7 Å².